The molecule has 0 atom stereocenters. The summed E-state index contributed by atoms with van der Waals surface area (Å²) in [6.45, 7) is 5.63. The Morgan fingerprint density at radius 3 is 2.38 bits per heavy atom. The number of halogens is 2. The SMILES string of the molecule is COC(=O)c1cc(F)c(F)cc1C1=CCN(C(=O)OC(C)(C)C)C1. The molecular weight excluding hydrogens is 320 g/mol. The van der Waals surface area contributed by atoms with Crippen LogP contribution in [0.3, 0.4) is 0 Å². The second-order valence-corrected chi connectivity index (χ2v) is 6.39. The second kappa shape index (κ2) is 6.59. The quantitative estimate of drug-likeness (QED) is 0.775. The minimum atomic E-state index is -1.14. The Kier molecular flexibility index (Phi) is 4.91. The zero-order valence-corrected chi connectivity index (χ0v) is 14.0. The van der Waals surface area contributed by atoms with E-state index in [0.29, 0.717) is 5.57 Å². The molecule has 0 radical (unpaired) electrons. The smallest absolute Gasteiger partial charge is 0.410 e. The molecule has 0 spiro atoms. The molecule has 1 aromatic rings. The first-order valence-electron chi connectivity index (χ1n) is 7.37. The molecule has 0 N–H and O–H groups in total. The predicted molar refractivity (Wildman–Crippen MR) is 83.5 cm³/mol. The van der Waals surface area contributed by atoms with Crippen LogP contribution in [0.25, 0.3) is 5.57 Å². The summed E-state index contributed by atoms with van der Waals surface area (Å²) in [5, 5.41) is 0. The number of rotatable bonds is 2. The number of carbonyl (C=O) groups excluding carboxylic acids is 2. The van der Waals surface area contributed by atoms with Crippen molar-refractivity contribution < 1.29 is 27.8 Å². The highest BCUT2D eigenvalue weighted by molar-refractivity contribution is 5.96. The van der Waals surface area contributed by atoms with Crippen LogP contribution in [0.15, 0.2) is 18.2 Å². The van der Waals surface area contributed by atoms with Gasteiger partial charge in [-0.25, -0.2) is 18.4 Å². The molecule has 1 heterocycles. The van der Waals surface area contributed by atoms with Crippen LogP contribution in [0, 0.1) is 11.6 Å². The Morgan fingerprint density at radius 2 is 1.79 bits per heavy atom. The number of methoxy groups -OCH3 is 1. The third-order valence-electron chi connectivity index (χ3n) is 3.38. The number of esters is 1. The average molecular weight is 339 g/mol. The van der Waals surface area contributed by atoms with Gasteiger partial charge in [-0.1, -0.05) is 6.08 Å². The van der Waals surface area contributed by atoms with Crippen molar-refractivity contribution in [2.45, 2.75) is 26.4 Å². The third kappa shape index (κ3) is 3.90. The van der Waals surface area contributed by atoms with Crippen molar-refractivity contribution in [1.29, 1.82) is 0 Å². The van der Waals surface area contributed by atoms with E-state index in [9.17, 15) is 18.4 Å². The average Bonchev–Trinajstić information content (AvgIpc) is 2.97. The van der Waals surface area contributed by atoms with Gasteiger partial charge in [0.2, 0.25) is 0 Å². The van der Waals surface area contributed by atoms with Crippen LogP contribution in [0.5, 0.6) is 0 Å². The molecule has 1 amide bonds. The molecule has 0 bridgehead atoms. The molecule has 0 fully saturated rings. The van der Waals surface area contributed by atoms with Gasteiger partial charge in [-0.15, -0.1) is 0 Å². The topological polar surface area (TPSA) is 55.8 Å². The molecule has 2 rings (SSSR count). The molecule has 24 heavy (non-hydrogen) atoms. The first kappa shape index (κ1) is 17.9. The highest BCUT2D eigenvalue weighted by Crippen LogP contribution is 2.28. The summed E-state index contributed by atoms with van der Waals surface area (Å²) in [5.41, 5.74) is -0.000387. The van der Waals surface area contributed by atoms with Crippen LogP contribution in [0.1, 0.15) is 36.7 Å². The lowest BCUT2D eigenvalue weighted by molar-refractivity contribution is 0.0306. The zero-order chi connectivity index (χ0) is 18.1. The lowest BCUT2D eigenvalue weighted by Gasteiger charge is -2.24. The largest absolute Gasteiger partial charge is 0.465 e. The van der Waals surface area contributed by atoms with Crippen LogP contribution >= 0.6 is 0 Å². The van der Waals surface area contributed by atoms with Crippen molar-refractivity contribution in [1.82, 2.24) is 4.90 Å². The number of hydrogen-bond acceptors (Lipinski definition) is 4. The Hall–Kier alpha value is -2.44. The van der Waals surface area contributed by atoms with E-state index >= 15 is 0 Å². The number of nitrogens with zero attached hydrogens (tertiary/aromatic N) is 1. The summed E-state index contributed by atoms with van der Waals surface area (Å²) in [6, 6.07) is 1.74. The third-order valence-corrected chi connectivity index (χ3v) is 3.38. The van der Waals surface area contributed by atoms with Crippen LogP contribution < -0.4 is 0 Å². The lowest BCUT2D eigenvalue weighted by Crippen LogP contribution is -2.35. The van der Waals surface area contributed by atoms with Gasteiger partial charge in [-0.05, 0) is 44.0 Å². The molecule has 0 aliphatic carbocycles. The Balaban J connectivity index is 2.26. The number of hydrogen-bond donors (Lipinski definition) is 0. The Labute approximate surface area is 138 Å². The molecule has 1 aliphatic rings. The van der Waals surface area contributed by atoms with Crippen LogP contribution in [0.4, 0.5) is 13.6 Å². The molecular formula is C17H19F2NO4. The number of benzene rings is 1. The van der Waals surface area contributed by atoms with E-state index in [4.69, 9.17) is 4.74 Å². The fraction of sp³-hybridized carbons (Fsp3) is 0.412. The minimum absolute atomic E-state index is 0.0892. The zero-order valence-electron chi connectivity index (χ0n) is 14.0. The first-order chi connectivity index (χ1) is 11.1. The summed E-state index contributed by atoms with van der Waals surface area (Å²) >= 11 is 0. The van der Waals surface area contributed by atoms with Crippen molar-refractivity contribution in [3.63, 3.8) is 0 Å². The van der Waals surface area contributed by atoms with Gasteiger partial charge >= 0.3 is 12.1 Å². The summed E-state index contributed by atoms with van der Waals surface area (Å²) in [5.74, 6) is -2.99. The Bertz CT molecular complexity index is 707. The highest BCUT2D eigenvalue weighted by Gasteiger charge is 2.28. The van der Waals surface area contributed by atoms with Gasteiger partial charge < -0.3 is 14.4 Å². The van der Waals surface area contributed by atoms with Crippen molar-refractivity contribution in [2.75, 3.05) is 20.2 Å². The van der Waals surface area contributed by atoms with Gasteiger partial charge in [-0.3, -0.25) is 0 Å². The lowest BCUT2D eigenvalue weighted by atomic mass is 9.99. The molecule has 0 aromatic heterocycles. The molecule has 1 aliphatic heterocycles. The second-order valence-electron chi connectivity index (χ2n) is 6.39. The maximum atomic E-state index is 13.6. The number of ether oxygens (including phenoxy) is 2. The van der Waals surface area contributed by atoms with Crippen molar-refractivity contribution in [2.24, 2.45) is 0 Å². The maximum absolute atomic E-state index is 13.6. The van der Waals surface area contributed by atoms with E-state index in [0.717, 1.165) is 19.2 Å². The van der Waals surface area contributed by atoms with Gasteiger partial charge in [-0.2, -0.15) is 0 Å². The van der Waals surface area contributed by atoms with Crippen LogP contribution in [-0.2, 0) is 9.47 Å². The van der Waals surface area contributed by atoms with E-state index in [1.54, 1.807) is 26.8 Å². The fourth-order valence-electron chi connectivity index (χ4n) is 2.31. The standard InChI is InChI=1S/C17H19F2NO4/c1-17(2,3)24-16(22)20-6-5-10(9-20)11-7-13(18)14(19)8-12(11)15(21)23-4/h5,7-8H,6,9H2,1-4H3. The maximum Gasteiger partial charge on any atom is 0.410 e. The van der Waals surface area contributed by atoms with Gasteiger partial charge in [0, 0.05) is 13.1 Å². The van der Waals surface area contributed by atoms with Gasteiger partial charge in [0.15, 0.2) is 11.6 Å². The van der Waals surface area contributed by atoms with E-state index in [1.165, 1.54) is 4.90 Å². The van der Waals surface area contributed by atoms with Gasteiger partial charge in [0.1, 0.15) is 5.60 Å². The van der Waals surface area contributed by atoms with Crippen molar-refractivity contribution >= 4 is 17.6 Å². The van der Waals surface area contributed by atoms with Gasteiger partial charge in [0.05, 0.1) is 12.7 Å². The van der Waals surface area contributed by atoms with Crippen LogP contribution in [-0.4, -0.2) is 42.8 Å². The fourth-order valence-corrected chi connectivity index (χ4v) is 2.31. The molecule has 7 heteroatoms. The molecule has 0 saturated carbocycles. The predicted octanol–water partition coefficient (Wildman–Crippen LogP) is 3.39. The van der Waals surface area contributed by atoms with E-state index < -0.39 is 29.3 Å². The monoisotopic (exact) mass is 339 g/mol. The van der Waals surface area contributed by atoms with E-state index in [2.05, 4.69) is 4.74 Å². The first-order valence-corrected chi connectivity index (χ1v) is 7.37. The number of carbonyl (C=O) groups is 2. The number of amides is 1. The van der Waals surface area contributed by atoms with Gasteiger partial charge in [0.25, 0.3) is 0 Å². The van der Waals surface area contributed by atoms with Crippen molar-refractivity contribution in [3.8, 4) is 0 Å². The summed E-state index contributed by atoms with van der Waals surface area (Å²) in [4.78, 5) is 25.3. The van der Waals surface area contributed by atoms with E-state index in [1.807, 2.05) is 0 Å². The molecule has 0 unspecified atom stereocenters. The normalized spacial score (nSPS) is 14.4. The summed E-state index contributed by atoms with van der Waals surface area (Å²) in [7, 11) is 1.16. The Morgan fingerprint density at radius 1 is 1.17 bits per heavy atom. The van der Waals surface area contributed by atoms with Crippen LogP contribution in [0.2, 0.25) is 0 Å². The van der Waals surface area contributed by atoms with E-state index in [-0.39, 0.29) is 24.2 Å². The summed E-state index contributed by atoms with van der Waals surface area (Å²) < 4.78 is 36.9. The molecule has 0 saturated heterocycles. The highest BCUT2D eigenvalue weighted by atomic mass is 19.2. The van der Waals surface area contributed by atoms with Crippen molar-refractivity contribution in [3.05, 3.63) is 41.0 Å². The minimum Gasteiger partial charge on any atom is -0.465 e. The molecule has 5 nitrogen and oxygen atoms in total. The molecule has 130 valence electrons. The molecule has 1 aromatic carbocycles. The summed E-state index contributed by atoms with van der Waals surface area (Å²) in [6.07, 6.45) is 1.15.